The van der Waals surface area contributed by atoms with Crippen LogP contribution in [0.3, 0.4) is 0 Å². The van der Waals surface area contributed by atoms with E-state index in [1.807, 2.05) is 0 Å². The van der Waals surface area contributed by atoms with E-state index in [1.54, 1.807) is 0 Å². The van der Waals surface area contributed by atoms with E-state index in [1.165, 1.54) is 30.5 Å². The molecule has 0 saturated carbocycles. The van der Waals surface area contributed by atoms with Crippen LogP contribution in [0.25, 0.3) is 0 Å². The van der Waals surface area contributed by atoms with Gasteiger partial charge in [0.15, 0.2) is 5.82 Å². The molecule has 1 aliphatic rings. The summed E-state index contributed by atoms with van der Waals surface area (Å²) >= 11 is 0. The lowest BCUT2D eigenvalue weighted by Crippen LogP contribution is -2.30. The minimum Gasteiger partial charge on any atom is -0.399 e. The maximum atomic E-state index is 13.7. The van der Waals surface area contributed by atoms with Gasteiger partial charge in [-0.1, -0.05) is 0 Å². The van der Waals surface area contributed by atoms with Crippen LogP contribution in [0.4, 0.5) is 15.8 Å². The van der Waals surface area contributed by atoms with Crippen LogP contribution in [-0.4, -0.2) is 16.8 Å². The number of nitrogens with zero attached hydrogens (tertiary/aromatic N) is 2. The molecule has 2 aromatic rings. The highest BCUT2D eigenvalue weighted by molar-refractivity contribution is 6.34. The summed E-state index contributed by atoms with van der Waals surface area (Å²) < 4.78 is 13.7. The molecule has 0 atom stereocenters. The molecule has 0 unspecified atom stereocenters. The van der Waals surface area contributed by atoms with Gasteiger partial charge in [0, 0.05) is 11.9 Å². The maximum absolute atomic E-state index is 13.7. The number of nitrogens with two attached hydrogens (primary N) is 1. The highest BCUT2D eigenvalue weighted by atomic mass is 19.1. The molecule has 94 valence electrons. The largest absolute Gasteiger partial charge is 0.399 e. The molecular weight excluding hydrogens is 249 g/mol. The summed E-state index contributed by atoms with van der Waals surface area (Å²) in [6.45, 7) is 0. The number of imide groups is 1. The van der Waals surface area contributed by atoms with E-state index in [4.69, 9.17) is 5.73 Å². The number of aromatic nitrogens is 1. The van der Waals surface area contributed by atoms with Crippen molar-refractivity contribution in [3.63, 3.8) is 0 Å². The van der Waals surface area contributed by atoms with Crippen LogP contribution in [0.1, 0.15) is 20.7 Å². The Morgan fingerprint density at radius 2 is 1.84 bits per heavy atom. The predicted octanol–water partition coefficient (Wildman–Crippen LogP) is 1.60. The Morgan fingerprint density at radius 3 is 2.58 bits per heavy atom. The number of carbonyl (C=O) groups excluding carboxylic acids is 2. The first-order valence-electron chi connectivity index (χ1n) is 5.47. The Hall–Kier alpha value is -2.76. The molecule has 5 nitrogen and oxygen atoms in total. The molecule has 19 heavy (non-hydrogen) atoms. The minimum atomic E-state index is -0.732. The Balaban J connectivity index is 2.16. The molecule has 0 aliphatic carbocycles. The van der Waals surface area contributed by atoms with E-state index >= 15 is 0 Å². The number of anilines is 2. The summed E-state index contributed by atoms with van der Waals surface area (Å²) in [5.41, 5.74) is 6.25. The van der Waals surface area contributed by atoms with E-state index in [-0.39, 0.29) is 16.8 Å². The fourth-order valence-electron chi connectivity index (χ4n) is 2.03. The van der Waals surface area contributed by atoms with Crippen LogP contribution >= 0.6 is 0 Å². The standard InChI is InChI=1S/C13H8FN3O2/c14-10-6-16-4-3-11(10)17-12(18)8-2-1-7(15)5-9(8)13(17)19/h1-6H,15H2. The smallest absolute Gasteiger partial charge is 0.266 e. The zero-order chi connectivity index (χ0) is 13.6. The molecular formula is C13H8FN3O2. The van der Waals surface area contributed by atoms with Gasteiger partial charge in [-0.3, -0.25) is 14.6 Å². The number of nitrogen functional groups attached to an aromatic ring is 1. The molecule has 0 bridgehead atoms. The normalized spacial score (nSPS) is 13.8. The Bertz CT molecular complexity index is 715. The average molecular weight is 257 g/mol. The van der Waals surface area contributed by atoms with Gasteiger partial charge in [0.1, 0.15) is 0 Å². The average Bonchev–Trinajstić information content (AvgIpc) is 2.63. The van der Waals surface area contributed by atoms with E-state index in [2.05, 4.69) is 4.98 Å². The minimum absolute atomic E-state index is 0.111. The molecule has 6 heteroatoms. The SMILES string of the molecule is Nc1ccc2c(c1)C(=O)N(c1ccncc1F)C2=O. The lowest BCUT2D eigenvalue weighted by molar-refractivity contribution is 0.0925. The van der Waals surface area contributed by atoms with Crippen LogP contribution in [-0.2, 0) is 0 Å². The lowest BCUT2D eigenvalue weighted by atomic mass is 10.1. The van der Waals surface area contributed by atoms with Crippen molar-refractivity contribution < 1.29 is 14.0 Å². The van der Waals surface area contributed by atoms with E-state index in [0.717, 1.165) is 11.1 Å². The molecule has 0 spiro atoms. The molecule has 0 fully saturated rings. The van der Waals surface area contributed by atoms with Crippen molar-refractivity contribution in [1.82, 2.24) is 4.98 Å². The number of fused-ring (bicyclic) bond motifs is 1. The van der Waals surface area contributed by atoms with Crippen molar-refractivity contribution in [3.8, 4) is 0 Å². The van der Waals surface area contributed by atoms with Gasteiger partial charge in [0.2, 0.25) is 0 Å². The Kier molecular flexibility index (Phi) is 2.31. The molecule has 0 saturated heterocycles. The Morgan fingerprint density at radius 1 is 1.11 bits per heavy atom. The highest BCUT2D eigenvalue weighted by Gasteiger charge is 2.37. The van der Waals surface area contributed by atoms with Crippen LogP contribution in [0.15, 0.2) is 36.7 Å². The molecule has 2 N–H and O–H groups in total. The molecule has 2 amide bonds. The number of rotatable bonds is 1. The summed E-state index contributed by atoms with van der Waals surface area (Å²) in [5.74, 6) is -1.88. The van der Waals surface area contributed by atoms with Crippen molar-refractivity contribution in [2.45, 2.75) is 0 Å². The monoisotopic (exact) mass is 257 g/mol. The van der Waals surface area contributed by atoms with Gasteiger partial charge >= 0.3 is 0 Å². The van der Waals surface area contributed by atoms with Gasteiger partial charge in [-0.05, 0) is 24.3 Å². The second-order valence-corrected chi connectivity index (χ2v) is 4.08. The van der Waals surface area contributed by atoms with Crippen LogP contribution in [0.2, 0.25) is 0 Å². The summed E-state index contributed by atoms with van der Waals surface area (Å²) in [5, 5.41) is 0. The van der Waals surface area contributed by atoms with Gasteiger partial charge in [-0.15, -0.1) is 0 Å². The first-order valence-corrected chi connectivity index (χ1v) is 5.47. The number of pyridine rings is 1. The fourth-order valence-corrected chi connectivity index (χ4v) is 2.03. The summed E-state index contributed by atoms with van der Waals surface area (Å²) in [4.78, 5) is 28.7. The Labute approximate surface area is 107 Å². The van der Waals surface area contributed by atoms with Gasteiger partial charge in [0.25, 0.3) is 11.8 Å². The first-order chi connectivity index (χ1) is 9.09. The van der Waals surface area contributed by atoms with Gasteiger partial charge in [-0.2, -0.15) is 0 Å². The summed E-state index contributed by atoms with van der Waals surface area (Å²) in [7, 11) is 0. The van der Waals surface area contributed by atoms with Gasteiger partial charge < -0.3 is 5.73 Å². The number of halogens is 1. The summed E-state index contributed by atoms with van der Waals surface area (Å²) in [6, 6.07) is 5.68. The molecule has 0 radical (unpaired) electrons. The second kappa shape index (κ2) is 3.88. The number of amides is 2. The quantitative estimate of drug-likeness (QED) is 0.622. The van der Waals surface area contributed by atoms with Gasteiger partial charge in [0.05, 0.1) is 23.0 Å². The van der Waals surface area contributed by atoms with Crippen molar-refractivity contribution in [2.24, 2.45) is 0 Å². The highest BCUT2D eigenvalue weighted by Crippen LogP contribution is 2.30. The zero-order valence-corrected chi connectivity index (χ0v) is 9.63. The van der Waals surface area contributed by atoms with Crippen molar-refractivity contribution >= 4 is 23.2 Å². The van der Waals surface area contributed by atoms with Crippen molar-refractivity contribution in [3.05, 3.63) is 53.6 Å². The third kappa shape index (κ3) is 1.57. The number of benzene rings is 1. The van der Waals surface area contributed by atoms with E-state index in [9.17, 15) is 14.0 Å². The molecule has 3 rings (SSSR count). The van der Waals surface area contributed by atoms with E-state index < -0.39 is 17.6 Å². The third-order valence-corrected chi connectivity index (χ3v) is 2.90. The zero-order valence-electron chi connectivity index (χ0n) is 9.63. The number of hydrogen-bond acceptors (Lipinski definition) is 4. The van der Waals surface area contributed by atoms with Crippen LogP contribution in [0, 0.1) is 5.82 Å². The third-order valence-electron chi connectivity index (χ3n) is 2.90. The molecule has 1 aliphatic heterocycles. The predicted molar refractivity (Wildman–Crippen MR) is 66.2 cm³/mol. The fraction of sp³-hybridized carbons (Fsp3) is 0. The number of carbonyl (C=O) groups is 2. The number of hydrogen-bond donors (Lipinski definition) is 1. The van der Waals surface area contributed by atoms with E-state index in [0.29, 0.717) is 5.69 Å². The second-order valence-electron chi connectivity index (χ2n) is 4.08. The molecule has 1 aromatic carbocycles. The van der Waals surface area contributed by atoms with Crippen LogP contribution in [0.5, 0.6) is 0 Å². The van der Waals surface area contributed by atoms with Crippen LogP contribution < -0.4 is 10.6 Å². The molecule has 1 aromatic heterocycles. The van der Waals surface area contributed by atoms with Gasteiger partial charge in [-0.25, -0.2) is 9.29 Å². The summed E-state index contributed by atoms with van der Waals surface area (Å²) in [6.07, 6.45) is 2.27. The maximum Gasteiger partial charge on any atom is 0.266 e. The molecule has 2 heterocycles. The van der Waals surface area contributed by atoms with Crippen molar-refractivity contribution in [1.29, 1.82) is 0 Å². The topological polar surface area (TPSA) is 76.3 Å². The van der Waals surface area contributed by atoms with Crippen molar-refractivity contribution in [2.75, 3.05) is 10.6 Å². The first kappa shape index (κ1) is 11.3. The lowest BCUT2D eigenvalue weighted by Gasteiger charge is -2.13.